The molecule has 0 spiro atoms. The molecule has 2 aliphatic heterocycles. The van der Waals surface area contributed by atoms with Crippen LogP contribution < -0.4 is 5.32 Å². The smallest absolute Gasteiger partial charge is 0.321 e. The van der Waals surface area contributed by atoms with Gasteiger partial charge in [-0.1, -0.05) is 17.7 Å². The molecular weight excluding hydrogens is 352 g/mol. The highest BCUT2D eigenvalue weighted by atomic mass is 35.5. The summed E-state index contributed by atoms with van der Waals surface area (Å²) in [5.74, 6) is 0. The van der Waals surface area contributed by atoms with Gasteiger partial charge in [-0.05, 0) is 31.0 Å². The van der Waals surface area contributed by atoms with Crippen molar-refractivity contribution in [1.82, 2.24) is 14.7 Å². The Morgan fingerprint density at radius 2 is 1.65 bits per heavy atom. The lowest BCUT2D eigenvalue weighted by atomic mass is 10.1. The molecule has 1 N–H and O–H groups in total. The molecule has 2 amide bonds. The van der Waals surface area contributed by atoms with Crippen LogP contribution in [0.2, 0.25) is 5.02 Å². The van der Waals surface area contributed by atoms with Crippen molar-refractivity contribution in [2.45, 2.75) is 13.8 Å². The van der Waals surface area contributed by atoms with Gasteiger partial charge in [0.1, 0.15) is 0 Å². The molecule has 3 rings (SSSR count). The molecular formula is C19H29ClN4O2. The largest absolute Gasteiger partial charge is 0.379 e. The molecule has 0 radical (unpaired) electrons. The average Bonchev–Trinajstić information content (AvgIpc) is 2.64. The van der Waals surface area contributed by atoms with Gasteiger partial charge in [0.05, 0.1) is 23.9 Å². The van der Waals surface area contributed by atoms with Crippen molar-refractivity contribution in [1.29, 1.82) is 0 Å². The van der Waals surface area contributed by atoms with Crippen LogP contribution in [0, 0.1) is 13.8 Å². The lowest BCUT2D eigenvalue weighted by Crippen LogP contribution is -2.52. The number of amides is 2. The minimum absolute atomic E-state index is 0.0633. The molecule has 2 fully saturated rings. The Bertz CT molecular complexity index is 603. The molecule has 0 aromatic heterocycles. The van der Waals surface area contributed by atoms with E-state index in [2.05, 4.69) is 15.1 Å². The third-order valence-corrected chi connectivity index (χ3v) is 5.46. The van der Waals surface area contributed by atoms with E-state index in [1.165, 1.54) is 0 Å². The van der Waals surface area contributed by atoms with Gasteiger partial charge in [0.2, 0.25) is 0 Å². The van der Waals surface area contributed by atoms with Crippen LogP contribution >= 0.6 is 11.6 Å². The van der Waals surface area contributed by atoms with E-state index in [-0.39, 0.29) is 6.03 Å². The topological polar surface area (TPSA) is 48.1 Å². The minimum Gasteiger partial charge on any atom is -0.379 e. The van der Waals surface area contributed by atoms with E-state index in [1.807, 2.05) is 30.9 Å². The minimum atomic E-state index is -0.0633. The molecule has 2 aliphatic rings. The number of hydrogen-bond donors (Lipinski definition) is 1. The van der Waals surface area contributed by atoms with Crippen molar-refractivity contribution in [3.8, 4) is 0 Å². The first-order valence-corrected chi connectivity index (χ1v) is 9.76. The number of halogens is 1. The van der Waals surface area contributed by atoms with E-state index in [9.17, 15) is 4.79 Å². The molecule has 6 nitrogen and oxygen atoms in total. The summed E-state index contributed by atoms with van der Waals surface area (Å²) < 4.78 is 5.39. The van der Waals surface area contributed by atoms with Crippen LogP contribution in [0.25, 0.3) is 0 Å². The third kappa shape index (κ3) is 5.10. The molecule has 1 aromatic rings. The number of aryl methyl sites for hydroxylation is 2. The van der Waals surface area contributed by atoms with E-state index >= 15 is 0 Å². The molecule has 2 saturated heterocycles. The Morgan fingerprint density at radius 1 is 1.04 bits per heavy atom. The third-order valence-electron chi connectivity index (χ3n) is 5.16. The highest BCUT2D eigenvalue weighted by Gasteiger charge is 2.22. The number of rotatable bonds is 4. The fourth-order valence-electron chi connectivity index (χ4n) is 3.54. The molecule has 26 heavy (non-hydrogen) atoms. The molecule has 0 saturated carbocycles. The van der Waals surface area contributed by atoms with Gasteiger partial charge in [-0.15, -0.1) is 0 Å². The van der Waals surface area contributed by atoms with Crippen LogP contribution in [0.5, 0.6) is 0 Å². The first-order chi connectivity index (χ1) is 12.5. The summed E-state index contributed by atoms with van der Waals surface area (Å²) in [5.41, 5.74) is 2.81. The number of ether oxygens (including phenoxy) is 1. The zero-order valence-corrected chi connectivity index (χ0v) is 16.5. The van der Waals surface area contributed by atoms with Gasteiger partial charge >= 0.3 is 6.03 Å². The summed E-state index contributed by atoms with van der Waals surface area (Å²) in [7, 11) is 0. The quantitative estimate of drug-likeness (QED) is 0.871. The second-order valence-corrected chi connectivity index (χ2v) is 7.56. The number of carbonyl (C=O) groups excluding carboxylic acids is 1. The summed E-state index contributed by atoms with van der Waals surface area (Å²) >= 11 is 6.30. The summed E-state index contributed by atoms with van der Waals surface area (Å²) in [6.07, 6.45) is 0. The van der Waals surface area contributed by atoms with Crippen LogP contribution in [0.15, 0.2) is 12.1 Å². The predicted molar refractivity (Wildman–Crippen MR) is 105 cm³/mol. The lowest BCUT2D eigenvalue weighted by Gasteiger charge is -2.36. The molecule has 7 heteroatoms. The predicted octanol–water partition coefficient (Wildman–Crippen LogP) is 2.44. The summed E-state index contributed by atoms with van der Waals surface area (Å²) in [6.45, 7) is 13.2. The van der Waals surface area contributed by atoms with Crippen molar-refractivity contribution >= 4 is 23.3 Å². The molecule has 144 valence electrons. The number of hydrogen-bond acceptors (Lipinski definition) is 4. The Balaban J connectivity index is 1.45. The van der Waals surface area contributed by atoms with Crippen molar-refractivity contribution < 1.29 is 9.53 Å². The van der Waals surface area contributed by atoms with Gasteiger partial charge in [0.15, 0.2) is 0 Å². The van der Waals surface area contributed by atoms with E-state index < -0.39 is 0 Å². The number of morpholine rings is 1. The maximum atomic E-state index is 12.6. The monoisotopic (exact) mass is 380 g/mol. The second-order valence-electron chi connectivity index (χ2n) is 7.15. The Labute approximate surface area is 161 Å². The van der Waals surface area contributed by atoms with Crippen LogP contribution in [-0.4, -0.2) is 86.3 Å². The van der Waals surface area contributed by atoms with Crippen molar-refractivity contribution in [2.24, 2.45) is 0 Å². The summed E-state index contributed by atoms with van der Waals surface area (Å²) in [6, 6.07) is 3.85. The molecule has 2 heterocycles. The lowest BCUT2D eigenvalue weighted by molar-refractivity contribution is 0.0311. The molecule has 0 atom stereocenters. The van der Waals surface area contributed by atoms with Gasteiger partial charge < -0.3 is 15.0 Å². The standard InChI is InChI=1S/C19H29ClN4O2/c1-15-13-16(2)18(17(20)14-15)21-19(25)24-7-5-22(6-8-24)3-4-23-9-11-26-12-10-23/h13-14H,3-12H2,1-2H3,(H,21,25). The molecule has 0 bridgehead atoms. The fraction of sp³-hybridized carbons (Fsp3) is 0.632. The highest BCUT2D eigenvalue weighted by molar-refractivity contribution is 6.34. The van der Waals surface area contributed by atoms with Crippen molar-refractivity contribution in [3.05, 3.63) is 28.3 Å². The van der Waals surface area contributed by atoms with Crippen LogP contribution in [0.4, 0.5) is 10.5 Å². The Hall–Kier alpha value is -1.34. The zero-order chi connectivity index (χ0) is 18.5. The zero-order valence-electron chi connectivity index (χ0n) is 15.8. The normalized spacial score (nSPS) is 19.6. The highest BCUT2D eigenvalue weighted by Crippen LogP contribution is 2.27. The van der Waals surface area contributed by atoms with Gasteiger partial charge in [0.25, 0.3) is 0 Å². The molecule has 0 unspecified atom stereocenters. The first-order valence-electron chi connectivity index (χ1n) is 9.38. The summed E-state index contributed by atoms with van der Waals surface area (Å²) in [5, 5.41) is 3.59. The average molecular weight is 381 g/mol. The van der Waals surface area contributed by atoms with Gasteiger partial charge in [-0.2, -0.15) is 0 Å². The SMILES string of the molecule is Cc1cc(C)c(NC(=O)N2CCN(CCN3CCOCC3)CC2)c(Cl)c1. The second kappa shape index (κ2) is 9.04. The molecule has 1 aromatic carbocycles. The van der Waals surface area contributed by atoms with Gasteiger partial charge in [-0.3, -0.25) is 9.80 Å². The van der Waals surface area contributed by atoms with Gasteiger partial charge in [-0.25, -0.2) is 4.79 Å². The number of urea groups is 1. The van der Waals surface area contributed by atoms with Gasteiger partial charge in [0, 0.05) is 52.4 Å². The van der Waals surface area contributed by atoms with E-state index in [0.717, 1.165) is 82.4 Å². The van der Waals surface area contributed by atoms with E-state index in [4.69, 9.17) is 16.3 Å². The maximum Gasteiger partial charge on any atom is 0.321 e. The van der Waals surface area contributed by atoms with Crippen LogP contribution in [-0.2, 0) is 4.74 Å². The maximum absolute atomic E-state index is 12.6. The van der Waals surface area contributed by atoms with Crippen LogP contribution in [0.1, 0.15) is 11.1 Å². The van der Waals surface area contributed by atoms with Crippen molar-refractivity contribution in [3.63, 3.8) is 0 Å². The van der Waals surface area contributed by atoms with E-state index in [0.29, 0.717) is 5.02 Å². The van der Waals surface area contributed by atoms with Crippen LogP contribution in [0.3, 0.4) is 0 Å². The fourth-order valence-corrected chi connectivity index (χ4v) is 3.91. The number of nitrogens with zero attached hydrogens (tertiary/aromatic N) is 3. The Morgan fingerprint density at radius 3 is 2.27 bits per heavy atom. The first kappa shape index (κ1) is 19.4. The number of piperazine rings is 1. The number of carbonyl (C=O) groups is 1. The summed E-state index contributed by atoms with van der Waals surface area (Å²) in [4.78, 5) is 19.3. The molecule has 0 aliphatic carbocycles. The number of anilines is 1. The van der Waals surface area contributed by atoms with Crippen molar-refractivity contribution in [2.75, 3.05) is 70.9 Å². The number of benzene rings is 1. The number of nitrogens with one attached hydrogen (secondary N) is 1. The van der Waals surface area contributed by atoms with E-state index in [1.54, 1.807) is 0 Å². The Kier molecular flexibility index (Phi) is 6.75.